The van der Waals surface area contributed by atoms with Crippen LogP contribution >= 0.6 is 0 Å². The van der Waals surface area contributed by atoms with Crippen molar-refractivity contribution in [2.24, 2.45) is 0 Å². The normalized spacial score (nSPS) is 19.1. The maximum absolute atomic E-state index is 12.5. The molecule has 128 valence electrons. The van der Waals surface area contributed by atoms with Crippen LogP contribution in [0, 0.1) is 0 Å². The number of nitrogens with one attached hydrogen (secondary N) is 1. The quantitative estimate of drug-likeness (QED) is 0.924. The summed E-state index contributed by atoms with van der Waals surface area (Å²) in [4.78, 5) is 14.1. The van der Waals surface area contributed by atoms with Gasteiger partial charge in [-0.15, -0.1) is 0 Å². The average molecular weight is 347 g/mol. The molecule has 6 nitrogen and oxygen atoms in total. The lowest BCUT2D eigenvalue weighted by Gasteiger charge is -2.27. The third kappa shape index (κ3) is 3.62. The van der Waals surface area contributed by atoms with Gasteiger partial charge in [0.2, 0.25) is 0 Å². The predicted molar refractivity (Wildman–Crippen MR) is 94.2 cm³/mol. The summed E-state index contributed by atoms with van der Waals surface area (Å²) in [7, 11) is -3.01. The highest BCUT2D eigenvalue weighted by molar-refractivity contribution is 7.91. The molecule has 1 aromatic heterocycles. The fraction of sp³-hybridized carbons (Fsp3) is 0.353. The Balaban J connectivity index is 1.67. The fourth-order valence-electron chi connectivity index (χ4n) is 3.01. The van der Waals surface area contributed by atoms with Gasteiger partial charge in [-0.1, -0.05) is 0 Å². The molecule has 1 fully saturated rings. The zero-order chi connectivity index (χ0) is 17.2. The Bertz CT molecular complexity index is 798. The summed E-state index contributed by atoms with van der Waals surface area (Å²) in [5, 5.41) is 2.85. The third-order valence-electron chi connectivity index (χ3n) is 4.27. The number of carbonyl (C=O) groups is 1. The Kier molecular flexibility index (Phi) is 4.62. The van der Waals surface area contributed by atoms with Gasteiger partial charge in [0.1, 0.15) is 0 Å². The number of carbonyl (C=O) groups excluding carboxylic acids is 1. The molecule has 1 atom stereocenters. The Morgan fingerprint density at radius 3 is 2.46 bits per heavy atom. The molecule has 1 N–H and O–H groups in total. The summed E-state index contributed by atoms with van der Waals surface area (Å²) >= 11 is 0. The zero-order valence-corrected chi connectivity index (χ0v) is 14.4. The van der Waals surface area contributed by atoms with Crippen molar-refractivity contribution in [2.75, 3.05) is 23.4 Å². The van der Waals surface area contributed by atoms with Crippen LogP contribution in [0.1, 0.15) is 13.3 Å². The van der Waals surface area contributed by atoms with Crippen LogP contribution in [0.3, 0.4) is 0 Å². The van der Waals surface area contributed by atoms with Crippen molar-refractivity contribution in [3.8, 4) is 5.69 Å². The van der Waals surface area contributed by atoms with Crippen LogP contribution in [-0.4, -0.2) is 48.0 Å². The molecule has 3 rings (SSSR count). The largest absolute Gasteiger partial charge is 0.324 e. The minimum absolute atomic E-state index is 0.0564. The maximum atomic E-state index is 12.5. The lowest BCUT2D eigenvalue weighted by molar-refractivity contribution is 0.197. The van der Waals surface area contributed by atoms with Gasteiger partial charge in [0.25, 0.3) is 0 Å². The highest BCUT2D eigenvalue weighted by Crippen LogP contribution is 2.19. The van der Waals surface area contributed by atoms with E-state index >= 15 is 0 Å². The first-order valence-corrected chi connectivity index (χ1v) is 9.82. The smallest absolute Gasteiger partial charge is 0.322 e. The summed E-state index contributed by atoms with van der Waals surface area (Å²) in [6.45, 7) is 2.34. The highest BCUT2D eigenvalue weighted by atomic mass is 32.2. The Labute approximate surface area is 142 Å². The number of nitrogens with zero attached hydrogens (tertiary/aromatic N) is 2. The molecule has 0 spiro atoms. The number of anilines is 1. The van der Waals surface area contributed by atoms with Gasteiger partial charge in [0, 0.05) is 36.4 Å². The summed E-state index contributed by atoms with van der Waals surface area (Å²) < 4.78 is 25.2. The number of benzene rings is 1. The highest BCUT2D eigenvalue weighted by Gasteiger charge is 2.33. The molecule has 2 amide bonds. The first-order valence-electron chi connectivity index (χ1n) is 8.00. The second kappa shape index (κ2) is 6.68. The SMILES string of the molecule is CCN(C(=O)Nc1ccc(-n2cccc2)cc1)C1CCS(=O)(=O)C1. The van der Waals surface area contributed by atoms with Gasteiger partial charge in [-0.05, 0) is 49.7 Å². The van der Waals surface area contributed by atoms with E-state index in [1.54, 1.807) is 4.90 Å². The van der Waals surface area contributed by atoms with Crippen molar-refractivity contribution in [1.82, 2.24) is 9.47 Å². The van der Waals surface area contributed by atoms with E-state index in [1.165, 1.54) is 0 Å². The molecule has 1 aromatic carbocycles. The minimum Gasteiger partial charge on any atom is -0.324 e. The number of aromatic nitrogens is 1. The van der Waals surface area contributed by atoms with Crippen molar-refractivity contribution in [3.05, 3.63) is 48.8 Å². The van der Waals surface area contributed by atoms with E-state index < -0.39 is 9.84 Å². The van der Waals surface area contributed by atoms with Crippen LogP contribution in [-0.2, 0) is 9.84 Å². The third-order valence-corrected chi connectivity index (χ3v) is 6.02. The summed E-state index contributed by atoms with van der Waals surface area (Å²) in [6.07, 6.45) is 4.41. The molecule has 0 aliphatic carbocycles. The maximum Gasteiger partial charge on any atom is 0.322 e. The molecular weight excluding hydrogens is 326 g/mol. The van der Waals surface area contributed by atoms with Crippen molar-refractivity contribution >= 4 is 21.6 Å². The Morgan fingerprint density at radius 1 is 1.25 bits per heavy atom. The van der Waals surface area contributed by atoms with Gasteiger partial charge in [-0.25, -0.2) is 13.2 Å². The Hall–Kier alpha value is -2.28. The second-order valence-electron chi connectivity index (χ2n) is 5.91. The van der Waals surface area contributed by atoms with Gasteiger partial charge >= 0.3 is 6.03 Å². The topological polar surface area (TPSA) is 71.4 Å². The molecular formula is C17H21N3O3S. The first kappa shape index (κ1) is 16.6. The number of hydrogen-bond acceptors (Lipinski definition) is 3. The molecule has 2 heterocycles. The number of amides is 2. The number of rotatable bonds is 4. The van der Waals surface area contributed by atoms with Crippen molar-refractivity contribution in [1.29, 1.82) is 0 Å². The van der Waals surface area contributed by atoms with E-state index in [-0.39, 0.29) is 23.6 Å². The van der Waals surface area contributed by atoms with Crippen LogP contribution in [0.25, 0.3) is 5.69 Å². The lowest BCUT2D eigenvalue weighted by atomic mass is 10.2. The summed E-state index contributed by atoms with van der Waals surface area (Å²) in [5.41, 5.74) is 1.70. The van der Waals surface area contributed by atoms with Crippen molar-refractivity contribution < 1.29 is 13.2 Å². The van der Waals surface area contributed by atoms with Crippen LogP contribution in [0.5, 0.6) is 0 Å². The van der Waals surface area contributed by atoms with E-state index in [4.69, 9.17) is 0 Å². The average Bonchev–Trinajstić information content (AvgIpc) is 3.19. The van der Waals surface area contributed by atoms with Crippen molar-refractivity contribution in [2.45, 2.75) is 19.4 Å². The monoisotopic (exact) mass is 347 g/mol. The molecule has 2 aromatic rings. The first-order chi connectivity index (χ1) is 11.5. The molecule has 1 unspecified atom stereocenters. The second-order valence-corrected chi connectivity index (χ2v) is 8.14. The van der Waals surface area contributed by atoms with Gasteiger partial charge in [-0.3, -0.25) is 0 Å². The standard InChI is InChI=1S/C17H21N3O3S/c1-2-20(16-9-12-24(22,23)13-16)17(21)18-14-5-7-15(8-6-14)19-10-3-4-11-19/h3-8,10-11,16H,2,9,12-13H2,1H3,(H,18,21). The fourth-order valence-corrected chi connectivity index (χ4v) is 4.74. The van der Waals surface area contributed by atoms with E-state index in [9.17, 15) is 13.2 Å². The molecule has 7 heteroatoms. The number of urea groups is 1. The summed E-state index contributed by atoms with van der Waals surface area (Å²) in [6, 6.07) is 10.9. The predicted octanol–water partition coefficient (Wildman–Crippen LogP) is 2.52. The van der Waals surface area contributed by atoms with Crippen LogP contribution < -0.4 is 5.32 Å². The number of hydrogen-bond donors (Lipinski definition) is 1. The molecule has 1 aliphatic rings. The van der Waals surface area contributed by atoms with E-state index in [0.717, 1.165) is 5.69 Å². The van der Waals surface area contributed by atoms with Crippen molar-refractivity contribution in [3.63, 3.8) is 0 Å². The van der Waals surface area contributed by atoms with Crippen LogP contribution in [0.4, 0.5) is 10.5 Å². The molecule has 24 heavy (non-hydrogen) atoms. The molecule has 0 bridgehead atoms. The van der Waals surface area contributed by atoms with Gasteiger partial charge in [-0.2, -0.15) is 0 Å². The molecule has 1 aliphatic heterocycles. The molecule has 1 saturated heterocycles. The Morgan fingerprint density at radius 2 is 1.92 bits per heavy atom. The van der Waals surface area contributed by atoms with E-state index in [1.807, 2.05) is 60.3 Å². The van der Waals surface area contributed by atoms with Crippen LogP contribution in [0.15, 0.2) is 48.8 Å². The number of sulfone groups is 1. The summed E-state index contributed by atoms with van der Waals surface area (Å²) in [5.74, 6) is 0.216. The van der Waals surface area contributed by atoms with Gasteiger partial charge < -0.3 is 14.8 Å². The zero-order valence-electron chi connectivity index (χ0n) is 13.6. The van der Waals surface area contributed by atoms with Gasteiger partial charge in [0.15, 0.2) is 9.84 Å². The van der Waals surface area contributed by atoms with Gasteiger partial charge in [0.05, 0.1) is 11.5 Å². The lowest BCUT2D eigenvalue weighted by Crippen LogP contribution is -2.43. The van der Waals surface area contributed by atoms with Crippen LogP contribution in [0.2, 0.25) is 0 Å². The van der Waals surface area contributed by atoms with E-state index in [2.05, 4.69) is 5.32 Å². The molecule has 0 radical (unpaired) electrons. The minimum atomic E-state index is -3.01. The molecule has 0 saturated carbocycles. The van der Waals surface area contributed by atoms with E-state index in [0.29, 0.717) is 18.7 Å².